The highest BCUT2D eigenvalue weighted by atomic mass is 16.4. The maximum absolute atomic E-state index is 10.3. The summed E-state index contributed by atoms with van der Waals surface area (Å²) in [7, 11) is 0. The van der Waals surface area contributed by atoms with Gasteiger partial charge in [0.2, 0.25) is 0 Å². The Labute approximate surface area is 51.8 Å². The van der Waals surface area contributed by atoms with Crippen LogP contribution in [0, 0.1) is 0 Å². The third kappa shape index (κ3) is 2.20. The zero-order valence-electron chi connectivity index (χ0n) is 4.92. The van der Waals surface area contributed by atoms with Crippen LogP contribution in [0.25, 0.3) is 0 Å². The standard InChI is InChI=1S/C4H8N2O3/c1-2(7)3(6-5)4(8)9/h3,6H,5H2,1H3,(H,8,9). The van der Waals surface area contributed by atoms with E-state index in [-0.39, 0.29) is 0 Å². The van der Waals surface area contributed by atoms with Crippen molar-refractivity contribution in [3.8, 4) is 0 Å². The summed E-state index contributed by atoms with van der Waals surface area (Å²) in [6.45, 7) is 1.15. The molecule has 0 aliphatic rings. The second kappa shape index (κ2) is 3.16. The summed E-state index contributed by atoms with van der Waals surface area (Å²) < 4.78 is 0. The molecule has 0 saturated heterocycles. The second-order valence-electron chi connectivity index (χ2n) is 1.55. The van der Waals surface area contributed by atoms with Gasteiger partial charge in [-0.2, -0.15) is 0 Å². The topological polar surface area (TPSA) is 92.4 Å². The van der Waals surface area contributed by atoms with Crippen LogP contribution in [0.4, 0.5) is 0 Å². The van der Waals surface area contributed by atoms with Gasteiger partial charge in [0.25, 0.3) is 0 Å². The smallest absolute Gasteiger partial charge is 0.329 e. The molecule has 0 aromatic carbocycles. The van der Waals surface area contributed by atoms with Crippen molar-refractivity contribution in [2.45, 2.75) is 13.0 Å². The van der Waals surface area contributed by atoms with Crippen LogP contribution in [-0.4, -0.2) is 22.9 Å². The molecule has 0 bridgehead atoms. The molecule has 0 amide bonds. The van der Waals surface area contributed by atoms with Gasteiger partial charge in [0.1, 0.15) is 0 Å². The Bertz CT molecular complexity index is 120. The Morgan fingerprint density at radius 3 is 2.11 bits per heavy atom. The van der Waals surface area contributed by atoms with Crippen molar-refractivity contribution in [1.29, 1.82) is 0 Å². The van der Waals surface area contributed by atoms with Gasteiger partial charge in [0, 0.05) is 0 Å². The summed E-state index contributed by atoms with van der Waals surface area (Å²) in [5.74, 6) is 2.95. The molecule has 0 fully saturated rings. The molecule has 5 nitrogen and oxygen atoms in total. The fourth-order valence-corrected chi connectivity index (χ4v) is 0.363. The fraction of sp³-hybridized carbons (Fsp3) is 0.500. The molecular formula is C4H8N2O3. The molecule has 5 heteroatoms. The first-order valence-electron chi connectivity index (χ1n) is 2.29. The van der Waals surface area contributed by atoms with E-state index in [0.717, 1.165) is 6.92 Å². The Morgan fingerprint density at radius 1 is 1.67 bits per heavy atom. The van der Waals surface area contributed by atoms with Crippen LogP contribution in [0.5, 0.6) is 0 Å². The molecule has 52 valence electrons. The number of carboxylic acid groups (broad SMARTS) is 1. The van der Waals surface area contributed by atoms with Crippen molar-refractivity contribution in [1.82, 2.24) is 5.43 Å². The fourth-order valence-electron chi connectivity index (χ4n) is 0.363. The van der Waals surface area contributed by atoms with E-state index in [9.17, 15) is 9.59 Å². The number of carbonyl (C=O) groups is 2. The maximum atomic E-state index is 10.3. The van der Waals surface area contributed by atoms with Crippen molar-refractivity contribution < 1.29 is 14.7 Å². The SMILES string of the molecule is CC(=O)C(NN)C(=O)O. The van der Waals surface area contributed by atoms with Gasteiger partial charge in [-0.3, -0.25) is 10.6 Å². The number of Topliss-reactive ketones (excluding diaryl/α,β-unsaturated/α-hetero) is 1. The highest BCUT2D eigenvalue weighted by molar-refractivity contribution is 6.00. The number of nitrogens with two attached hydrogens (primary N) is 1. The lowest BCUT2D eigenvalue weighted by Crippen LogP contribution is -2.46. The van der Waals surface area contributed by atoms with E-state index in [4.69, 9.17) is 10.9 Å². The molecule has 0 aromatic heterocycles. The van der Waals surface area contributed by atoms with Gasteiger partial charge in [-0.15, -0.1) is 0 Å². The number of carboxylic acids is 1. The maximum Gasteiger partial charge on any atom is 0.329 e. The van der Waals surface area contributed by atoms with Crippen molar-refractivity contribution in [3.63, 3.8) is 0 Å². The summed E-state index contributed by atoms with van der Waals surface area (Å²) in [4.78, 5) is 20.3. The van der Waals surface area contributed by atoms with Crippen LogP contribution < -0.4 is 11.3 Å². The zero-order chi connectivity index (χ0) is 7.44. The number of hydrogen-bond acceptors (Lipinski definition) is 4. The average molecular weight is 132 g/mol. The Balaban J connectivity index is 3.99. The van der Waals surface area contributed by atoms with E-state index in [1.807, 2.05) is 5.43 Å². The second-order valence-corrected chi connectivity index (χ2v) is 1.55. The number of carbonyl (C=O) groups excluding carboxylic acids is 1. The summed E-state index contributed by atoms with van der Waals surface area (Å²) in [6, 6.07) is -1.27. The minimum atomic E-state index is -1.27. The lowest BCUT2D eigenvalue weighted by molar-refractivity contribution is -0.142. The van der Waals surface area contributed by atoms with E-state index in [1.165, 1.54) is 0 Å². The molecular weight excluding hydrogens is 124 g/mol. The summed E-state index contributed by atoms with van der Waals surface area (Å²) >= 11 is 0. The molecule has 0 aliphatic carbocycles. The molecule has 0 spiro atoms. The quantitative estimate of drug-likeness (QED) is 0.247. The molecule has 0 radical (unpaired) electrons. The van der Waals surface area contributed by atoms with Crippen molar-refractivity contribution in [2.24, 2.45) is 5.84 Å². The molecule has 1 unspecified atom stereocenters. The van der Waals surface area contributed by atoms with Gasteiger partial charge in [-0.1, -0.05) is 0 Å². The number of hydrogen-bond donors (Lipinski definition) is 3. The molecule has 1 atom stereocenters. The van der Waals surface area contributed by atoms with Crippen LogP contribution in [0.2, 0.25) is 0 Å². The third-order valence-corrected chi connectivity index (χ3v) is 0.820. The Kier molecular flexibility index (Phi) is 2.83. The first-order valence-corrected chi connectivity index (χ1v) is 2.29. The van der Waals surface area contributed by atoms with Crippen LogP contribution in [-0.2, 0) is 9.59 Å². The number of rotatable bonds is 3. The summed E-state index contributed by atoms with van der Waals surface area (Å²) in [6.07, 6.45) is 0. The molecule has 0 aliphatic heterocycles. The van der Waals surface area contributed by atoms with Crippen LogP contribution in [0.15, 0.2) is 0 Å². The zero-order valence-corrected chi connectivity index (χ0v) is 4.92. The molecule has 4 N–H and O–H groups in total. The monoisotopic (exact) mass is 132 g/mol. The molecule has 9 heavy (non-hydrogen) atoms. The van der Waals surface area contributed by atoms with Crippen LogP contribution in [0.1, 0.15) is 6.92 Å². The van der Waals surface area contributed by atoms with E-state index in [2.05, 4.69) is 0 Å². The average Bonchev–Trinajstić information content (AvgIpc) is 1.64. The molecule has 0 rings (SSSR count). The number of nitrogens with one attached hydrogen (secondary N) is 1. The minimum Gasteiger partial charge on any atom is -0.480 e. The van der Waals surface area contributed by atoms with Gasteiger partial charge >= 0.3 is 5.97 Å². The lowest BCUT2D eigenvalue weighted by Gasteiger charge is -2.03. The highest BCUT2D eigenvalue weighted by Crippen LogP contribution is 1.81. The van der Waals surface area contributed by atoms with Crippen molar-refractivity contribution >= 4 is 11.8 Å². The third-order valence-electron chi connectivity index (χ3n) is 0.820. The van der Waals surface area contributed by atoms with E-state index >= 15 is 0 Å². The predicted molar refractivity (Wildman–Crippen MR) is 29.4 cm³/mol. The van der Waals surface area contributed by atoms with Crippen LogP contribution in [0.3, 0.4) is 0 Å². The number of ketones is 1. The van der Waals surface area contributed by atoms with E-state index in [0.29, 0.717) is 0 Å². The van der Waals surface area contributed by atoms with Crippen LogP contribution >= 0.6 is 0 Å². The normalized spacial score (nSPS) is 12.7. The molecule has 0 heterocycles. The lowest BCUT2D eigenvalue weighted by atomic mass is 10.2. The summed E-state index contributed by atoms with van der Waals surface area (Å²) in [5.41, 5.74) is 1.85. The van der Waals surface area contributed by atoms with Crippen molar-refractivity contribution in [2.75, 3.05) is 0 Å². The molecule has 0 aromatic rings. The molecule has 0 saturated carbocycles. The van der Waals surface area contributed by atoms with Gasteiger partial charge in [0.15, 0.2) is 11.8 Å². The first-order chi connectivity index (χ1) is 4.09. The highest BCUT2D eigenvalue weighted by Gasteiger charge is 2.19. The summed E-state index contributed by atoms with van der Waals surface area (Å²) in [5, 5.41) is 8.18. The Hall–Kier alpha value is -0.940. The van der Waals surface area contributed by atoms with Gasteiger partial charge in [-0.05, 0) is 6.92 Å². The number of hydrazine groups is 1. The van der Waals surface area contributed by atoms with E-state index in [1.54, 1.807) is 0 Å². The largest absolute Gasteiger partial charge is 0.480 e. The van der Waals surface area contributed by atoms with Gasteiger partial charge in [0.05, 0.1) is 0 Å². The first kappa shape index (κ1) is 8.06. The van der Waals surface area contributed by atoms with Gasteiger partial charge < -0.3 is 5.11 Å². The van der Waals surface area contributed by atoms with Crippen molar-refractivity contribution in [3.05, 3.63) is 0 Å². The minimum absolute atomic E-state index is 0.509. The number of aliphatic carboxylic acids is 1. The van der Waals surface area contributed by atoms with E-state index < -0.39 is 17.8 Å². The Morgan fingerprint density at radius 2 is 2.11 bits per heavy atom. The predicted octanol–water partition coefficient (Wildman–Crippen LogP) is -1.51. The van der Waals surface area contributed by atoms with Gasteiger partial charge in [-0.25, -0.2) is 10.2 Å².